The number of hydrogen-bond acceptors (Lipinski definition) is 8. The average Bonchev–Trinajstić information content (AvgIpc) is 3.60. The van der Waals surface area contributed by atoms with E-state index in [-0.39, 0.29) is 0 Å². The number of rotatable bonds is 4. The van der Waals surface area contributed by atoms with E-state index in [1.54, 1.807) is 0 Å². The molecule has 2 saturated heterocycles. The Morgan fingerprint density at radius 3 is 2.07 bits per heavy atom. The molecule has 0 unspecified atom stereocenters. The molecule has 0 bridgehead atoms. The van der Waals surface area contributed by atoms with Crippen LogP contribution in [0.1, 0.15) is 30.4 Å². The Morgan fingerprint density at radius 1 is 0.821 bits per heavy atom. The molecule has 1 saturated carbocycles. The molecule has 2 aromatic rings. The van der Waals surface area contributed by atoms with Crippen molar-refractivity contribution in [3.05, 3.63) is 30.0 Å². The Bertz CT molecular complexity index is 827. The van der Waals surface area contributed by atoms with E-state index in [1.807, 2.05) is 19.2 Å². The summed E-state index contributed by atoms with van der Waals surface area (Å²) in [6.07, 6.45) is 4.37. The van der Waals surface area contributed by atoms with Crippen LogP contribution >= 0.6 is 0 Å². The monoisotopic (exact) mass is 381 g/mol. The van der Waals surface area contributed by atoms with Crippen LogP contribution in [0.5, 0.6) is 0 Å². The van der Waals surface area contributed by atoms with Crippen molar-refractivity contribution in [1.82, 2.24) is 19.9 Å². The highest BCUT2D eigenvalue weighted by atomic mass is 16.5. The zero-order chi connectivity index (χ0) is 18.9. The van der Waals surface area contributed by atoms with Crippen LogP contribution in [0.2, 0.25) is 0 Å². The third-order valence-corrected chi connectivity index (χ3v) is 5.68. The number of anilines is 3. The van der Waals surface area contributed by atoms with Gasteiger partial charge in [-0.15, -0.1) is 0 Å². The lowest BCUT2D eigenvalue weighted by Crippen LogP contribution is -2.47. The molecule has 1 aliphatic carbocycles. The van der Waals surface area contributed by atoms with Gasteiger partial charge in [0.2, 0.25) is 0 Å². The molecule has 8 nitrogen and oxygen atoms in total. The van der Waals surface area contributed by atoms with Crippen LogP contribution in [0.4, 0.5) is 17.5 Å². The maximum Gasteiger partial charge on any atom is 0.134 e. The summed E-state index contributed by atoms with van der Waals surface area (Å²) in [5, 5.41) is 0. The third-order valence-electron chi connectivity index (χ3n) is 5.68. The van der Waals surface area contributed by atoms with E-state index in [0.717, 1.165) is 81.6 Å². The van der Waals surface area contributed by atoms with Gasteiger partial charge in [-0.1, -0.05) is 0 Å². The maximum atomic E-state index is 5.47. The van der Waals surface area contributed by atoms with E-state index in [2.05, 4.69) is 30.7 Å². The molecule has 0 N–H and O–H groups in total. The minimum absolute atomic E-state index is 0.587. The smallest absolute Gasteiger partial charge is 0.134 e. The van der Waals surface area contributed by atoms with E-state index < -0.39 is 0 Å². The summed E-state index contributed by atoms with van der Waals surface area (Å²) >= 11 is 0. The summed E-state index contributed by atoms with van der Waals surface area (Å²) in [5.74, 6) is 5.52. The molecule has 3 fully saturated rings. The van der Waals surface area contributed by atoms with Gasteiger partial charge in [-0.2, -0.15) is 0 Å². The Balaban J connectivity index is 1.27. The molecule has 0 radical (unpaired) electrons. The lowest BCUT2D eigenvalue weighted by Gasteiger charge is -2.36. The highest BCUT2D eigenvalue weighted by Crippen LogP contribution is 2.38. The zero-order valence-electron chi connectivity index (χ0n) is 16.4. The third kappa shape index (κ3) is 3.73. The largest absolute Gasteiger partial charge is 0.378 e. The van der Waals surface area contributed by atoms with Gasteiger partial charge in [0, 0.05) is 57.4 Å². The van der Waals surface area contributed by atoms with E-state index >= 15 is 0 Å². The molecule has 8 heteroatoms. The number of nitrogens with zero attached hydrogens (tertiary/aromatic N) is 7. The normalized spacial score (nSPS) is 20.5. The Kier molecular flexibility index (Phi) is 4.72. The summed E-state index contributed by atoms with van der Waals surface area (Å²) in [5.41, 5.74) is 0. The minimum atomic E-state index is 0.587. The molecule has 2 aromatic heterocycles. The predicted molar refractivity (Wildman–Crippen MR) is 108 cm³/mol. The lowest BCUT2D eigenvalue weighted by atomic mass is 10.3. The maximum absolute atomic E-state index is 5.47. The molecule has 5 rings (SSSR count). The van der Waals surface area contributed by atoms with Crippen molar-refractivity contribution in [2.45, 2.75) is 25.7 Å². The zero-order valence-corrected chi connectivity index (χ0v) is 16.4. The van der Waals surface area contributed by atoms with Crippen molar-refractivity contribution in [2.24, 2.45) is 0 Å². The van der Waals surface area contributed by atoms with E-state index in [4.69, 9.17) is 14.7 Å². The van der Waals surface area contributed by atoms with E-state index in [0.29, 0.717) is 5.92 Å². The molecular weight excluding hydrogens is 354 g/mol. The number of aryl methyl sites for hydroxylation is 1. The molecule has 28 heavy (non-hydrogen) atoms. The van der Waals surface area contributed by atoms with Crippen molar-refractivity contribution < 1.29 is 4.74 Å². The van der Waals surface area contributed by atoms with Gasteiger partial charge in [-0.25, -0.2) is 19.9 Å². The van der Waals surface area contributed by atoms with Crippen molar-refractivity contribution in [3.63, 3.8) is 0 Å². The first-order chi connectivity index (χ1) is 13.8. The van der Waals surface area contributed by atoms with Gasteiger partial charge in [-0.05, 0) is 25.8 Å². The number of morpholine rings is 1. The Hall–Kier alpha value is -2.48. The number of ether oxygens (including phenoxy) is 1. The quantitative estimate of drug-likeness (QED) is 0.791. The first-order valence-corrected chi connectivity index (χ1v) is 10.3. The minimum Gasteiger partial charge on any atom is -0.378 e. The fraction of sp³-hybridized carbons (Fsp3) is 0.600. The van der Waals surface area contributed by atoms with Gasteiger partial charge < -0.3 is 19.4 Å². The molecule has 0 atom stereocenters. The highest BCUT2D eigenvalue weighted by molar-refractivity contribution is 5.52. The molecule has 0 aromatic carbocycles. The van der Waals surface area contributed by atoms with Crippen LogP contribution in [-0.4, -0.2) is 72.4 Å². The van der Waals surface area contributed by atoms with Crippen LogP contribution < -0.4 is 14.7 Å². The Labute approximate surface area is 165 Å². The van der Waals surface area contributed by atoms with Crippen LogP contribution in [-0.2, 0) is 4.74 Å². The SMILES string of the molecule is Cc1nc(N2CCOCC2)cc(N2CCN(c3ccnc(C4CC4)n3)CC2)n1. The van der Waals surface area contributed by atoms with Crippen molar-refractivity contribution in [3.8, 4) is 0 Å². The first kappa shape index (κ1) is 17.6. The van der Waals surface area contributed by atoms with Crippen LogP contribution in [0, 0.1) is 6.92 Å². The van der Waals surface area contributed by atoms with Gasteiger partial charge >= 0.3 is 0 Å². The van der Waals surface area contributed by atoms with Crippen LogP contribution in [0.25, 0.3) is 0 Å². The molecule has 0 spiro atoms. The number of hydrogen-bond donors (Lipinski definition) is 0. The summed E-state index contributed by atoms with van der Waals surface area (Å²) < 4.78 is 5.47. The number of aromatic nitrogens is 4. The molecular formula is C20H27N7O. The van der Waals surface area contributed by atoms with Gasteiger partial charge in [0.15, 0.2) is 0 Å². The molecule has 0 amide bonds. The summed E-state index contributed by atoms with van der Waals surface area (Å²) in [6, 6.07) is 4.16. The first-order valence-electron chi connectivity index (χ1n) is 10.3. The second-order valence-electron chi connectivity index (χ2n) is 7.75. The molecule has 148 valence electrons. The van der Waals surface area contributed by atoms with Crippen LogP contribution in [0.3, 0.4) is 0 Å². The highest BCUT2D eigenvalue weighted by Gasteiger charge is 2.28. The fourth-order valence-electron chi connectivity index (χ4n) is 3.90. The van der Waals surface area contributed by atoms with Crippen molar-refractivity contribution in [2.75, 3.05) is 67.2 Å². The number of piperazine rings is 1. The van der Waals surface area contributed by atoms with E-state index in [9.17, 15) is 0 Å². The van der Waals surface area contributed by atoms with E-state index in [1.165, 1.54) is 12.8 Å². The fourth-order valence-corrected chi connectivity index (χ4v) is 3.90. The van der Waals surface area contributed by atoms with Gasteiger partial charge in [0.1, 0.15) is 29.1 Å². The Morgan fingerprint density at radius 2 is 1.43 bits per heavy atom. The average molecular weight is 381 g/mol. The molecule has 4 heterocycles. The summed E-state index contributed by atoms with van der Waals surface area (Å²) in [4.78, 5) is 25.6. The summed E-state index contributed by atoms with van der Waals surface area (Å²) in [6.45, 7) is 9.03. The van der Waals surface area contributed by atoms with Crippen molar-refractivity contribution in [1.29, 1.82) is 0 Å². The predicted octanol–water partition coefficient (Wildman–Crippen LogP) is 1.62. The second kappa shape index (κ2) is 7.50. The summed E-state index contributed by atoms with van der Waals surface area (Å²) in [7, 11) is 0. The van der Waals surface area contributed by atoms with Crippen LogP contribution in [0.15, 0.2) is 18.3 Å². The standard InChI is InChI=1S/C20H27N7O/c1-15-22-18(14-19(23-15)27-10-12-28-13-11-27)26-8-6-25(7-9-26)17-4-5-21-20(24-17)16-2-3-16/h4-5,14,16H,2-3,6-13H2,1H3. The molecule has 3 aliphatic rings. The second-order valence-corrected chi connectivity index (χ2v) is 7.75. The van der Waals surface area contributed by atoms with Gasteiger partial charge in [-0.3, -0.25) is 0 Å². The van der Waals surface area contributed by atoms with Gasteiger partial charge in [0.05, 0.1) is 13.2 Å². The van der Waals surface area contributed by atoms with Crippen molar-refractivity contribution >= 4 is 17.5 Å². The molecule has 2 aliphatic heterocycles. The van der Waals surface area contributed by atoms with Gasteiger partial charge in [0.25, 0.3) is 0 Å². The topological polar surface area (TPSA) is 70.5 Å². The lowest BCUT2D eigenvalue weighted by molar-refractivity contribution is 0.122.